The second-order valence-electron chi connectivity index (χ2n) is 9.99. The lowest BCUT2D eigenvalue weighted by molar-refractivity contribution is -0.123. The van der Waals surface area contributed by atoms with Crippen molar-refractivity contribution >= 4 is 17.5 Å². The summed E-state index contributed by atoms with van der Waals surface area (Å²) in [5.41, 5.74) is 3.40. The molecule has 4 rings (SSSR count). The molecule has 2 amide bonds. The van der Waals surface area contributed by atoms with Crippen molar-refractivity contribution in [3.8, 4) is 22.6 Å². The van der Waals surface area contributed by atoms with Crippen LogP contribution in [0.15, 0.2) is 72.8 Å². The van der Waals surface area contributed by atoms with Gasteiger partial charge in [-0.15, -0.1) is 0 Å². The first-order chi connectivity index (χ1) is 19.1. The van der Waals surface area contributed by atoms with E-state index in [4.69, 9.17) is 9.47 Å². The van der Waals surface area contributed by atoms with Gasteiger partial charge in [0.1, 0.15) is 17.5 Å². The summed E-state index contributed by atoms with van der Waals surface area (Å²) in [4.78, 5) is 26.4. The Bertz CT molecular complexity index is 1200. The predicted molar refractivity (Wildman–Crippen MR) is 155 cm³/mol. The van der Waals surface area contributed by atoms with Crippen molar-refractivity contribution in [3.63, 3.8) is 0 Å². The van der Waals surface area contributed by atoms with E-state index in [1.165, 1.54) is 19.3 Å². The van der Waals surface area contributed by atoms with Gasteiger partial charge in [0.05, 0.1) is 14.2 Å². The van der Waals surface area contributed by atoms with Gasteiger partial charge in [-0.3, -0.25) is 9.59 Å². The zero-order valence-corrected chi connectivity index (χ0v) is 22.9. The number of carbonyl (C=O) groups excluding carboxylic acids is 2. The third-order valence-electron chi connectivity index (χ3n) is 7.32. The van der Waals surface area contributed by atoms with E-state index in [0.29, 0.717) is 31.0 Å². The monoisotopic (exact) mass is 529 g/mol. The second kappa shape index (κ2) is 14.2. The molecule has 3 aromatic rings. The summed E-state index contributed by atoms with van der Waals surface area (Å²) < 4.78 is 10.7. The van der Waals surface area contributed by atoms with Crippen LogP contribution in [0.2, 0.25) is 0 Å². The van der Waals surface area contributed by atoms with Gasteiger partial charge in [0.25, 0.3) is 5.91 Å². The van der Waals surface area contributed by atoms with Crippen molar-refractivity contribution in [2.75, 3.05) is 32.6 Å². The smallest absolute Gasteiger partial charge is 0.251 e. The van der Waals surface area contributed by atoms with Crippen molar-refractivity contribution in [2.45, 2.75) is 44.6 Å². The molecule has 0 heterocycles. The van der Waals surface area contributed by atoms with Gasteiger partial charge < -0.3 is 25.4 Å². The number of ether oxygens (including phenoxy) is 2. The Labute approximate surface area is 231 Å². The number of hydrogen-bond acceptors (Lipinski definition) is 5. The first-order valence-corrected chi connectivity index (χ1v) is 13.8. The Morgan fingerprint density at radius 1 is 0.846 bits per heavy atom. The Hall–Kier alpha value is -4.00. The Balaban J connectivity index is 1.36. The van der Waals surface area contributed by atoms with Gasteiger partial charge in [-0.25, -0.2) is 0 Å². The lowest BCUT2D eigenvalue weighted by Crippen LogP contribution is -2.48. The van der Waals surface area contributed by atoms with E-state index in [1.54, 1.807) is 26.4 Å². The van der Waals surface area contributed by atoms with Crippen molar-refractivity contribution in [2.24, 2.45) is 5.92 Å². The minimum Gasteiger partial charge on any atom is -0.497 e. The molecule has 7 nitrogen and oxygen atoms in total. The summed E-state index contributed by atoms with van der Waals surface area (Å²) in [6.45, 7) is 1.03. The molecule has 1 aliphatic rings. The molecule has 1 aliphatic carbocycles. The van der Waals surface area contributed by atoms with Crippen LogP contribution in [0.5, 0.6) is 11.5 Å². The summed E-state index contributed by atoms with van der Waals surface area (Å²) in [6, 6.07) is 22.3. The largest absolute Gasteiger partial charge is 0.497 e. The normalized spacial score (nSPS) is 14.2. The fourth-order valence-corrected chi connectivity index (χ4v) is 5.14. The number of amides is 2. The standard InChI is InChI=1S/C32H39N3O4/c1-38-27-18-16-26(17-19-27)33-20-21-34-32(37)29(22-23-8-4-3-5-9-23)35-31(36)25-14-12-24(13-15-25)28-10-6-7-11-30(28)39-2/h6-7,10-19,23,29,33H,3-5,8-9,20-22H2,1-2H3,(H,34,37)(H,35,36). The van der Waals surface area contributed by atoms with E-state index < -0.39 is 6.04 Å². The minimum atomic E-state index is -0.574. The van der Waals surface area contributed by atoms with Crippen LogP contribution in [-0.2, 0) is 4.79 Å². The topological polar surface area (TPSA) is 88.7 Å². The van der Waals surface area contributed by atoms with Gasteiger partial charge in [-0.05, 0) is 60.4 Å². The first-order valence-electron chi connectivity index (χ1n) is 13.8. The number of methoxy groups -OCH3 is 2. The summed E-state index contributed by atoms with van der Waals surface area (Å²) in [5, 5.41) is 9.33. The van der Waals surface area contributed by atoms with E-state index in [2.05, 4.69) is 16.0 Å². The summed E-state index contributed by atoms with van der Waals surface area (Å²) in [7, 11) is 3.28. The molecule has 39 heavy (non-hydrogen) atoms. The molecule has 0 radical (unpaired) electrons. The summed E-state index contributed by atoms with van der Waals surface area (Å²) in [6.07, 6.45) is 6.48. The van der Waals surface area contributed by atoms with Crippen LogP contribution in [0.4, 0.5) is 5.69 Å². The predicted octanol–water partition coefficient (Wildman–Crippen LogP) is 5.67. The molecule has 1 fully saturated rings. The minimum absolute atomic E-state index is 0.143. The maximum atomic E-state index is 13.2. The molecule has 7 heteroatoms. The summed E-state index contributed by atoms with van der Waals surface area (Å²) in [5.74, 6) is 1.63. The third-order valence-corrected chi connectivity index (χ3v) is 7.32. The number of benzene rings is 3. The number of hydrogen-bond donors (Lipinski definition) is 3. The molecule has 0 bridgehead atoms. The third kappa shape index (κ3) is 7.99. The lowest BCUT2D eigenvalue weighted by Gasteiger charge is -2.26. The molecular weight excluding hydrogens is 490 g/mol. The van der Waals surface area contributed by atoms with Crippen LogP contribution in [-0.4, -0.2) is 45.2 Å². The maximum absolute atomic E-state index is 13.2. The molecule has 0 spiro atoms. The van der Waals surface area contributed by atoms with Crippen molar-refractivity contribution < 1.29 is 19.1 Å². The molecule has 206 valence electrons. The number of anilines is 1. The highest BCUT2D eigenvalue weighted by molar-refractivity contribution is 5.98. The number of para-hydroxylation sites is 1. The van der Waals surface area contributed by atoms with Crippen LogP contribution in [0.3, 0.4) is 0 Å². The van der Waals surface area contributed by atoms with Crippen LogP contribution >= 0.6 is 0 Å². The molecule has 1 saturated carbocycles. The Morgan fingerprint density at radius 2 is 1.56 bits per heavy atom. The van der Waals surface area contributed by atoms with E-state index in [0.717, 1.165) is 41.2 Å². The van der Waals surface area contributed by atoms with E-state index >= 15 is 0 Å². The zero-order valence-electron chi connectivity index (χ0n) is 22.9. The Kier molecular flexibility index (Phi) is 10.2. The molecule has 3 aromatic carbocycles. The number of rotatable bonds is 12. The second-order valence-corrected chi connectivity index (χ2v) is 9.99. The van der Waals surface area contributed by atoms with Crippen LogP contribution in [0, 0.1) is 5.92 Å². The molecule has 1 unspecified atom stereocenters. The number of nitrogens with one attached hydrogen (secondary N) is 3. The highest BCUT2D eigenvalue weighted by atomic mass is 16.5. The molecule has 1 atom stereocenters. The molecule has 3 N–H and O–H groups in total. The van der Waals surface area contributed by atoms with E-state index in [-0.39, 0.29) is 11.8 Å². The highest BCUT2D eigenvalue weighted by Crippen LogP contribution is 2.30. The first kappa shape index (κ1) is 28.0. The molecule has 0 aromatic heterocycles. The average molecular weight is 530 g/mol. The average Bonchev–Trinajstić information content (AvgIpc) is 2.99. The van der Waals surface area contributed by atoms with Crippen LogP contribution in [0.1, 0.15) is 48.9 Å². The maximum Gasteiger partial charge on any atom is 0.251 e. The number of carbonyl (C=O) groups is 2. The van der Waals surface area contributed by atoms with Gasteiger partial charge in [0.2, 0.25) is 5.91 Å². The van der Waals surface area contributed by atoms with E-state index in [9.17, 15) is 9.59 Å². The van der Waals surface area contributed by atoms with E-state index in [1.807, 2.05) is 60.7 Å². The van der Waals surface area contributed by atoms with Gasteiger partial charge >= 0.3 is 0 Å². The fraction of sp³-hybridized carbons (Fsp3) is 0.375. The fourth-order valence-electron chi connectivity index (χ4n) is 5.14. The van der Waals surface area contributed by atoms with Crippen molar-refractivity contribution in [1.29, 1.82) is 0 Å². The van der Waals surface area contributed by atoms with Crippen molar-refractivity contribution in [1.82, 2.24) is 10.6 Å². The highest BCUT2D eigenvalue weighted by Gasteiger charge is 2.26. The molecule has 0 aliphatic heterocycles. The zero-order chi connectivity index (χ0) is 27.5. The van der Waals surface area contributed by atoms with Gasteiger partial charge in [-0.2, -0.15) is 0 Å². The SMILES string of the molecule is COc1ccc(NCCNC(=O)C(CC2CCCCC2)NC(=O)c2ccc(-c3ccccc3OC)cc2)cc1. The quantitative estimate of drug-likeness (QED) is 0.263. The van der Waals surface area contributed by atoms with Gasteiger partial charge in [0.15, 0.2) is 0 Å². The van der Waals surface area contributed by atoms with Gasteiger partial charge in [-0.1, -0.05) is 62.4 Å². The molecule has 0 saturated heterocycles. The lowest BCUT2D eigenvalue weighted by atomic mass is 9.84. The Morgan fingerprint density at radius 3 is 2.26 bits per heavy atom. The van der Waals surface area contributed by atoms with Crippen LogP contribution < -0.4 is 25.4 Å². The van der Waals surface area contributed by atoms with Crippen molar-refractivity contribution in [3.05, 3.63) is 78.4 Å². The summed E-state index contributed by atoms with van der Waals surface area (Å²) >= 11 is 0. The van der Waals surface area contributed by atoms with Crippen LogP contribution in [0.25, 0.3) is 11.1 Å². The van der Waals surface area contributed by atoms with Gasteiger partial charge in [0, 0.05) is 29.9 Å². The molecular formula is C32H39N3O4.